The van der Waals surface area contributed by atoms with Crippen LogP contribution in [0, 0.1) is 10.1 Å². The third kappa shape index (κ3) is 3.69. The third-order valence-corrected chi connectivity index (χ3v) is 4.66. The van der Waals surface area contributed by atoms with E-state index in [1.54, 1.807) is 31.4 Å². The number of hydrogen-bond acceptors (Lipinski definition) is 7. The van der Waals surface area contributed by atoms with Gasteiger partial charge in [-0.1, -0.05) is 0 Å². The van der Waals surface area contributed by atoms with Crippen LogP contribution in [-0.4, -0.2) is 22.9 Å². The number of aromatic nitrogens is 1. The smallest absolute Gasteiger partial charge is 0.433 e. The molecule has 1 amide bonds. The average Bonchev–Trinajstić information content (AvgIpc) is 3.35. The number of carbonyl (C=O) groups is 1. The van der Waals surface area contributed by atoms with E-state index in [0.717, 1.165) is 16.1 Å². The number of amides is 1. The van der Waals surface area contributed by atoms with Crippen LogP contribution in [0.1, 0.15) is 10.6 Å². The first-order valence-corrected chi connectivity index (χ1v) is 9.04. The molecule has 0 bridgehead atoms. The molecule has 0 saturated heterocycles. The molecule has 0 saturated carbocycles. The topological polar surface area (TPSA) is 121 Å². The quantitative estimate of drug-likeness (QED) is 0.329. The lowest BCUT2D eigenvalue weighted by Crippen LogP contribution is -2.10. The molecule has 9 nitrogen and oxygen atoms in total. The summed E-state index contributed by atoms with van der Waals surface area (Å²) >= 11 is 3.43. The zero-order valence-corrected chi connectivity index (χ0v) is 16.4. The number of halogens is 1. The van der Waals surface area contributed by atoms with E-state index in [2.05, 4.69) is 26.2 Å². The lowest BCUT2D eigenvalue weighted by molar-refractivity contribution is -0.402. The lowest BCUT2D eigenvalue weighted by atomic mass is 10.2. The summed E-state index contributed by atoms with van der Waals surface area (Å²) in [5.74, 6) is -0.181. The van der Waals surface area contributed by atoms with Crippen molar-refractivity contribution in [3.05, 3.63) is 68.9 Å². The zero-order valence-electron chi connectivity index (χ0n) is 14.8. The van der Waals surface area contributed by atoms with Crippen molar-refractivity contribution in [1.29, 1.82) is 0 Å². The fraction of sp³-hybridized carbons (Fsp3) is 0.0526. The van der Waals surface area contributed by atoms with Gasteiger partial charge in [-0.05, 0) is 58.4 Å². The Hall–Kier alpha value is -3.66. The number of methoxy groups -OCH3 is 1. The van der Waals surface area contributed by atoms with Gasteiger partial charge in [-0.2, -0.15) is 0 Å². The van der Waals surface area contributed by atoms with Crippen molar-refractivity contribution in [2.45, 2.75) is 0 Å². The van der Waals surface area contributed by atoms with Gasteiger partial charge in [0.25, 0.3) is 5.91 Å². The number of anilines is 1. The van der Waals surface area contributed by atoms with Gasteiger partial charge < -0.3 is 18.9 Å². The molecular weight excluding hydrogens is 446 g/mol. The van der Waals surface area contributed by atoms with Crippen molar-refractivity contribution in [1.82, 2.24) is 4.98 Å². The summed E-state index contributed by atoms with van der Waals surface area (Å²) in [5.41, 5.74) is 2.27. The van der Waals surface area contributed by atoms with Crippen LogP contribution >= 0.6 is 15.9 Å². The van der Waals surface area contributed by atoms with E-state index in [1.165, 1.54) is 6.07 Å². The molecule has 29 heavy (non-hydrogen) atoms. The predicted octanol–water partition coefficient (Wildman–Crippen LogP) is 5.02. The van der Waals surface area contributed by atoms with Gasteiger partial charge in [-0.15, -0.1) is 0 Å². The summed E-state index contributed by atoms with van der Waals surface area (Å²) in [5, 5.41) is 13.3. The van der Waals surface area contributed by atoms with Gasteiger partial charge in [0.05, 0.1) is 17.6 Å². The number of nitrogens with zero attached hydrogens (tertiary/aromatic N) is 2. The van der Waals surface area contributed by atoms with Crippen LogP contribution in [-0.2, 0) is 0 Å². The van der Waals surface area contributed by atoms with E-state index in [-0.39, 0.29) is 5.76 Å². The van der Waals surface area contributed by atoms with Crippen LogP contribution in [0.3, 0.4) is 0 Å². The Morgan fingerprint density at radius 2 is 2.00 bits per heavy atom. The molecule has 0 aliphatic heterocycles. The second-order valence-electron chi connectivity index (χ2n) is 5.90. The SMILES string of the molecule is COc1ccc(-c2nc3cc(NC(=O)c4ccc([N+](=O)[O-])o4)ccc3o2)cc1Br. The first-order valence-electron chi connectivity index (χ1n) is 8.24. The highest BCUT2D eigenvalue weighted by Gasteiger charge is 2.18. The summed E-state index contributed by atoms with van der Waals surface area (Å²) in [6.07, 6.45) is 0. The molecule has 0 aliphatic rings. The maximum absolute atomic E-state index is 12.2. The number of nitrogens with one attached hydrogen (secondary N) is 1. The molecule has 1 N–H and O–H groups in total. The molecule has 0 unspecified atom stereocenters. The number of carbonyl (C=O) groups excluding carboxylic acids is 1. The highest BCUT2D eigenvalue weighted by atomic mass is 79.9. The van der Waals surface area contributed by atoms with Crippen molar-refractivity contribution in [3.8, 4) is 17.2 Å². The average molecular weight is 458 g/mol. The Balaban J connectivity index is 1.58. The van der Waals surface area contributed by atoms with Crippen LogP contribution in [0.4, 0.5) is 11.6 Å². The molecule has 146 valence electrons. The molecule has 0 fully saturated rings. The predicted molar refractivity (Wildman–Crippen MR) is 107 cm³/mol. The summed E-state index contributed by atoms with van der Waals surface area (Å²) < 4.78 is 16.7. The van der Waals surface area contributed by atoms with Crippen LogP contribution in [0.25, 0.3) is 22.6 Å². The van der Waals surface area contributed by atoms with Gasteiger partial charge in [0.2, 0.25) is 5.89 Å². The molecule has 0 spiro atoms. The summed E-state index contributed by atoms with van der Waals surface area (Å²) in [6.45, 7) is 0. The second kappa shape index (κ2) is 7.40. The molecule has 4 rings (SSSR count). The lowest BCUT2D eigenvalue weighted by Gasteiger charge is -2.03. The Labute approximate surface area is 171 Å². The fourth-order valence-electron chi connectivity index (χ4n) is 2.67. The number of oxazole rings is 1. The van der Waals surface area contributed by atoms with Gasteiger partial charge in [-0.25, -0.2) is 4.98 Å². The number of ether oxygens (including phenoxy) is 1. The maximum atomic E-state index is 12.2. The zero-order chi connectivity index (χ0) is 20.5. The van der Waals surface area contributed by atoms with Crippen molar-refractivity contribution >= 4 is 44.5 Å². The maximum Gasteiger partial charge on any atom is 0.433 e. The van der Waals surface area contributed by atoms with Crippen LogP contribution < -0.4 is 10.1 Å². The molecule has 2 aromatic carbocycles. The summed E-state index contributed by atoms with van der Waals surface area (Å²) in [4.78, 5) is 26.6. The molecular formula is C19H12BrN3O6. The minimum Gasteiger partial charge on any atom is -0.496 e. The number of furan rings is 1. The Morgan fingerprint density at radius 3 is 2.69 bits per heavy atom. The molecule has 0 aliphatic carbocycles. The molecule has 0 atom stereocenters. The molecule has 2 aromatic heterocycles. The van der Waals surface area contributed by atoms with Gasteiger partial charge in [0.15, 0.2) is 11.3 Å². The Morgan fingerprint density at radius 1 is 1.17 bits per heavy atom. The third-order valence-electron chi connectivity index (χ3n) is 4.04. The highest BCUT2D eigenvalue weighted by Crippen LogP contribution is 2.32. The molecule has 4 aromatic rings. The largest absolute Gasteiger partial charge is 0.496 e. The Kier molecular flexibility index (Phi) is 4.77. The first kappa shape index (κ1) is 18.7. The summed E-state index contributed by atoms with van der Waals surface area (Å²) in [7, 11) is 1.58. The van der Waals surface area contributed by atoms with Crippen molar-refractivity contribution in [2.75, 3.05) is 12.4 Å². The molecule has 10 heteroatoms. The van der Waals surface area contributed by atoms with Crippen LogP contribution in [0.15, 0.2) is 61.8 Å². The van der Waals surface area contributed by atoms with Crippen molar-refractivity contribution < 1.29 is 23.3 Å². The Bertz CT molecular complexity index is 1250. The van der Waals surface area contributed by atoms with Crippen molar-refractivity contribution in [3.63, 3.8) is 0 Å². The monoisotopic (exact) mass is 457 g/mol. The standard InChI is InChI=1S/C19H12BrN3O6/c1-27-14-4-2-10(8-12(14)20)19-22-13-9-11(3-5-15(13)29-19)21-18(24)16-6-7-17(28-16)23(25)26/h2-9H,1H3,(H,21,24). The number of fused-ring (bicyclic) bond motifs is 1. The van der Waals surface area contributed by atoms with Crippen molar-refractivity contribution in [2.24, 2.45) is 0 Å². The van der Waals surface area contributed by atoms with E-state index in [4.69, 9.17) is 13.6 Å². The first-order chi connectivity index (χ1) is 13.9. The molecule has 2 heterocycles. The highest BCUT2D eigenvalue weighted by molar-refractivity contribution is 9.10. The number of benzene rings is 2. The fourth-order valence-corrected chi connectivity index (χ4v) is 3.21. The minimum absolute atomic E-state index is 0.166. The summed E-state index contributed by atoms with van der Waals surface area (Å²) in [6, 6.07) is 12.7. The minimum atomic E-state index is -0.711. The van der Waals surface area contributed by atoms with Gasteiger partial charge in [0.1, 0.15) is 16.2 Å². The molecule has 0 radical (unpaired) electrons. The van der Waals surface area contributed by atoms with E-state index in [9.17, 15) is 14.9 Å². The van der Waals surface area contributed by atoms with Gasteiger partial charge in [0, 0.05) is 11.3 Å². The normalized spacial score (nSPS) is 10.8. The van der Waals surface area contributed by atoms with E-state index in [1.807, 2.05) is 12.1 Å². The van der Waals surface area contributed by atoms with E-state index < -0.39 is 16.7 Å². The van der Waals surface area contributed by atoms with Gasteiger partial charge >= 0.3 is 5.88 Å². The van der Waals surface area contributed by atoms with Crippen LogP contribution in [0.5, 0.6) is 5.75 Å². The van der Waals surface area contributed by atoms with E-state index in [0.29, 0.717) is 28.4 Å². The second-order valence-corrected chi connectivity index (χ2v) is 6.75. The van der Waals surface area contributed by atoms with Crippen LogP contribution in [0.2, 0.25) is 0 Å². The van der Waals surface area contributed by atoms with E-state index >= 15 is 0 Å². The van der Waals surface area contributed by atoms with Gasteiger partial charge in [-0.3, -0.25) is 14.9 Å². The number of rotatable bonds is 5. The number of nitro groups is 1. The number of hydrogen-bond donors (Lipinski definition) is 1.